The smallest absolute Gasteiger partial charge is 0.322 e. The number of fused-ring (bicyclic) bond motifs is 1. The molecule has 0 amide bonds. The number of hydrogen-bond donors (Lipinski definition) is 1. The highest BCUT2D eigenvalue weighted by Gasteiger charge is 2.48. The van der Waals surface area contributed by atoms with Gasteiger partial charge in [0.05, 0.1) is 12.2 Å². The molecule has 1 heterocycles. The van der Waals surface area contributed by atoms with Crippen LogP contribution < -0.4 is 4.74 Å². The molecule has 0 bridgehead atoms. The third kappa shape index (κ3) is 8.90. The minimum Gasteiger partial charge on any atom is -0.462 e. The van der Waals surface area contributed by atoms with Crippen molar-refractivity contribution in [3.63, 3.8) is 0 Å². The normalized spacial score (nSPS) is 26.1. The Labute approximate surface area is 252 Å². The van der Waals surface area contributed by atoms with Gasteiger partial charge in [-0.3, -0.25) is 19.2 Å². The second-order valence-corrected chi connectivity index (χ2v) is 11.0. The number of hydrogen-bond acceptors (Lipinski definition) is 10. The molecule has 0 fully saturated rings. The highest BCUT2D eigenvalue weighted by Crippen LogP contribution is 2.45. The van der Waals surface area contributed by atoms with Gasteiger partial charge in [-0.25, -0.2) is 0 Å². The summed E-state index contributed by atoms with van der Waals surface area (Å²) in [6, 6.07) is 8.52. The molecule has 2 aliphatic rings. The van der Waals surface area contributed by atoms with Gasteiger partial charge in [-0.1, -0.05) is 42.0 Å². The first-order chi connectivity index (χ1) is 20.3. The summed E-state index contributed by atoms with van der Waals surface area (Å²) in [6.45, 7) is 13.3. The van der Waals surface area contributed by atoms with E-state index < -0.39 is 66.2 Å². The summed E-state index contributed by atoms with van der Waals surface area (Å²) >= 11 is 0. The number of rotatable bonds is 8. The van der Waals surface area contributed by atoms with Crippen molar-refractivity contribution >= 4 is 23.9 Å². The molecular weight excluding hydrogens is 556 g/mol. The number of aliphatic hydroxyl groups is 1. The minimum atomic E-state index is -1.38. The summed E-state index contributed by atoms with van der Waals surface area (Å²) in [5.74, 6) is -4.72. The number of benzene rings is 1. The van der Waals surface area contributed by atoms with Crippen LogP contribution in [0, 0.1) is 17.8 Å². The maximum Gasteiger partial charge on any atom is 0.322 e. The lowest BCUT2D eigenvalue weighted by atomic mass is 9.72. The predicted octanol–water partition coefficient (Wildman–Crippen LogP) is 4.73. The topological polar surface area (TPSA) is 135 Å². The Balaban J connectivity index is 2.15. The van der Waals surface area contributed by atoms with Crippen molar-refractivity contribution in [2.45, 2.75) is 79.0 Å². The molecule has 3 rings (SSSR count). The molecule has 0 saturated carbocycles. The van der Waals surface area contributed by atoms with Gasteiger partial charge in [-0.05, 0) is 57.4 Å². The van der Waals surface area contributed by atoms with E-state index in [1.54, 1.807) is 56.3 Å². The number of carbonyl (C=O) groups excluding carboxylic acids is 4. The number of allylic oxidation sites excluding steroid dienone is 2. The van der Waals surface area contributed by atoms with E-state index in [9.17, 15) is 24.3 Å². The standard InChI is InChI=1S/C33H40O10/c1-18(2)15-26(32(38)43-24-11-9-8-10-12-24)31(41-22(6)35)27-17-39-33(42-23(7)36)29-20(4)30(37)28(40-21(5)34)16-19(3)13-14-25(27)29/h8-12,15-17,25-26,28-31,33,37H,4,13-14H2,1-3,5-7H3/b19-16+/t25-,26-,28+,29?,30+,31-,33-/m1/s1. The van der Waals surface area contributed by atoms with E-state index in [4.69, 9.17) is 23.7 Å². The first kappa shape index (κ1) is 33.3. The molecule has 1 aromatic carbocycles. The van der Waals surface area contributed by atoms with Gasteiger partial charge in [0.15, 0.2) is 0 Å². The van der Waals surface area contributed by atoms with Gasteiger partial charge >= 0.3 is 23.9 Å². The van der Waals surface area contributed by atoms with Crippen molar-refractivity contribution in [1.82, 2.24) is 0 Å². The number of carbonyl (C=O) groups is 4. The Kier molecular flexibility index (Phi) is 11.5. The maximum atomic E-state index is 13.7. The van der Waals surface area contributed by atoms with Gasteiger partial charge in [0, 0.05) is 32.3 Å². The molecule has 43 heavy (non-hydrogen) atoms. The Bertz CT molecular complexity index is 1300. The van der Waals surface area contributed by atoms with Gasteiger partial charge in [0.1, 0.15) is 30.0 Å². The maximum absolute atomic E-state index is 13.7. The first-order valence-electron chi connectivity index (χ1n) is 14.1. The summed E-state index contributed by atoms with van der Waals surface area (Å²) in [5, 5.41) is 11.4. The van der Waals surface area contributed by atoms with Crippen LogP contribution in [0.2, 0.25) is 0 Å². The average molecular weight is 597 g/mol. The molecule has 0 spiro atoms. The van der Waals surface area contributed by atoms with E-state index in [0.29, 0.717) is 24.2 Å². The summed E-state index contributed by atoms with van der Waals surface area (Å²) in [4.78, 5) is 50.1. The van der Waals surface area contributed by atoms with Crippen LogP contribution in [-0.4, -0.2) is 53.6 Å². The molecule has 1 N–H and O–H groups in total. The monoisotopic (exact) mass is 596 g/mol. The predicted molar refractivity (Wildman–Crippen MR) is 156 cm³/mol. The van der Waals surface area contributed by atoms with Crippen molar-refractivity contribution < 1.29 is 48.0 Å². The lowest BCUT2D eigenvalue weighted by molar-refractivity contribution is -0.183. The molecule has 232 valence electrons. The third-order valence-corrected chi connectivity index (χ3v) is 7.19. The second kappa shape index (κ2) is 14.8. The zero-order chi connectivity index (χ0) is 31.8. The molecule has 0 aromatic heterocycles. The highest BCUT2D eigenvalue weighted by molar-refractivity contribution is 5.79. The van der Waals surface area contributed by atoms with Crippen LogP contribution >= 0.6 is 0 Å². The first-order valence-corrected chi connectivity index (χ1v) is 14.1. The van der Waals surface area contributed by atoms with Crippen LogP contribution in [0.3, 0.4) is 0 Å². The van der Waals surface area contributed by atoms with E-state index in [1.165, 1.54) is 27.0 Å². The van der Waals surface area contributed by atoms with Crippen molar-refractivity contribution in [3.05, 3.63) is 77.6 Å². The van der Waals surface area contributed by atoms with E-state index in [1.807, 2.05) is 6.92 Å². The Morgan fingerprint density at radius 3 is 2.23 bits per heavy atom. The van der Waals surface area contributed by atoms with E-state index >= 15 is 0 Å². The van der Waals surface area contributed by atoms with E-state index in [2.05, 4.69) is 6.58 Å². The number of esters is 4. The van der Waals surface area contributed by atoms with Gasteiger partial charge in [0.2, 0.25) is 6.29 Å². The fourth-order valence-corrected chi connectivity index (χ4v) is 5.41. The minimum absolute atomic E-state index is 0.186. The van der Waals surface area contributed by atoms with Gasteiger partial charge in [-0.15, -0.1) is 0 Å². The van der Waals surface area contributed by atoms with Crippen molar-refractivity contribution in [1.29, 1.82) is 0 Å². The van der Waals surface area contributed by atoms with Crippen LogP contribution in [0.5, 0.6) is 5.75 Å². The fraction of sp³-hybridized carbons (Fsp3) is 0.455. The molecule has 1 aliphatic carbocycles. The highest BCUT2D eigenvalue weighted by atomic mass is 16.7. The lowest BCUT2D eigenvalue weighted by Crippen LogP contribution is -2.46. The fourth-order valence-electron chi connectivity index (χ4n) is 5.41. The number of ether oxygens (including phenoxy) is 5. The molecule has 1 aromatic rings. The molecule has 0 saturated heterocycles. The third-order valence-electron chi connectivity index (χ3n) is 7.19. The SMILES string of the molecule is C=C1C2[C@@H](OC(C)=O)OC=C([C@H](OC(C)=O)[C@@H](C=C(C)C)C(=O)Oc3ccccc3)[C@H]2CC/C(C)=C/[C@H](OC(C)=O)[C@H]1O. The summed E-state index contributed by atoms with van der Waals surface area (Å²) in [7, 11) is 0. The van der Waals surface area contributed by atoms with Gasteiger partial charge < -0.3 is 28.8 Å². The molecule has 1 aliphatic heterocycles. The zero-order valence-electron chi connectivity index (χ0n) is 25.4. The van der Waals surface area contributed by atoms with Crippen LogP contribution in [-0.2, 0) is 38.1 Å². The summed E-state index contributed by atoms with van der Waals surface area (Å²) in [5.41, 5.74) is 2.20. The summed E-state index contributed by atoms with van der Waals surface area (Å²) in [6.07, 6.45) is 0.760. The number of aliphatic hydroxyl groups excluding tert-OH is 1. The van der Waals surface area contributed by atoms with Crippen molar-refractivity contribution in [2.24, 2.45) is 17.8 Å². The van der Waals surface area contributed by atoms with Gasteiger partial charge in [-0.2, -0.15) is 0 Å². The number of para-hydroxylation sites is 1. The summed E-state index contributed by atoms with van der Waals surface area (Å²) < 4.78 is 28.3. The molecular formula is C33H40O10. The molecule has 7 atom stereocenters. The Hall–Kier alpha value is -4.18. The average Bonchev–Trinajstić information content (AvgIpc) is 2.96. The molecule has 0 radical (unpaired) electrons. The Morgan fingerprint density at radius 2 is 1.65 bits per heavy atom. The van der Waals surface area contributed by atoms with E-state index in [0.717, 1.165) is 11.1 Å². The van der Waals surface area contributed by atoms with E-state index in [-0.39, 0.29) is 5.57 Å². The zero-order valence-corrected chi connectivity index (χ0v) is 25.4. The van der Waals surface area contributed by atoms with Crippen LogP contribution in [0.4, 0.5) is 0 Å². The van der Waals surface area contributed by atoms with Gasteiger partial charge in [0.25, 0.3) is 0 Å². The molecule has 10 nitrogen and oxygen atoms in total. The molecule has 10 heteroatoms. The Morgan fingerprint density at radius 1 is 1.00 bits per heavy atom. The van der Waals surface area contributed by atoms with Crippen molar-refractivity contribution in [3.8, 4) is 5.75 Å². The second-order valence-electron chi connectivity index (χ2n) is 11.0. The van der Waals surface area contributed by atoms with Crippen molar-refractivity contribution in [2.75, 3.05) is 0 Å². The van der Waals surface area contributed by atoms with Crippen LogP contribution in [0.1, 0.15) is 54.4 Å². The largest absolute Gasteiger partial charge is 0.462 e. The lowest BCUT2D eigenvalue weighted by Gasteiger charge is -2.42. The van der Waals surface area contributed by atoms with Crippen LogP contribution in [0.15, 0.2) is 77.6 Å². The van der Waals surface area contributed by atoms with Crippen LogP contribution in [0.25, 0.3) is 0 Å². The molecule has 1 unspecified atom stereocenters. The quantitative estimate of drug-likeness (QED) is 0.194.